The van der Waals surface area contributed by atoms with Crippen molar-refractivity contribution in [1.82, 2.24) is 0 Å². The lowest BCUT2D eigenvalue weighted by Crippen LogP contribution is -2.44. The second-order valence-corrected chi connectivity index (χ2v) is 25.8. The van der Waals surface area contributed by atoms with Gasteiger partial charge in [-0.1, -0.05) is 94.9 Å². The van der Waals surface area contributed by atoms with Crippen LogP contribution in [0.5, 0.6) is 0 Å². The number of hydrogen-bond donors (Lipinski definition) is 0. The Morgan fingerprint density at radius 1 is 0.676 bits per heavy atom. The molecule has 37 heavy (non-hydrogen) atoms. The van der Waals surface area contributed by atoms with Crippen LogP contribution in [0, 0.1) is 47.0 Å². The molecule has 2 saturated carbocycles. The summed E-state index contributed by atoms with van der Waals surface area (Å²) in [4.78, 5) is 0. The summed E-state index contributed by atoms with van der Waals surface area (Å²) >= 11 is 0. The first kappa shape index (κ1) is 32.9. The topological polar surface area (TPSA) is 18.5 Å². The van der Waals surface area contributed by atoms with E-state index in [0.717, 1.165) is 29.8 Å². The maximum Gasteiger partial charge on any atom is 0.145 e. The van der Waals surface area contributed by atoms with E-state index < -0.39 is 16.1 Å². The molecule has 0 aromatic heterocycles. The normalized spacial score (nSPS) is 28.6. The van der Waals surface area contributed by atoms with Gasteiger partial charge in [-0.05, 0) is 69.3 Å². The summed E-state index contributed by atoms with van der Waals surface area (Å²) in [5.41, 5.74) is 11.2. The van der Waals surface area contributed by atoms with Gasteiger partial charge in [-0.3, -0.25) is 0 Å². The van der Waals surface area contributed by atoms with Crippen LogP contribution in [0.2, 0.25) is 33.2 Å². The van der Waals surface area contributed by atoms with Crippen LogP contribution in [0.1, 0.15) is 89.5 Å². The van der Waals surface area contributed by atoms with Gasteiger partial charge in [0.25, 0.3) is 0 Å². The van der Waals surface area contributed by atoms with Crippen molar-refractivity contribution in [2.75, 3.05) is 27.4 Å². The molecule has 0 saturated heterocycles. The van der Waals surface area contributed by atoms with Crippen LogP contribution >= 0.6 is 0 Å². The fourth-order valence-electron chi connectivity index (χ4n) is 9.55. The number of allylic oxidation sites excluding steroid dienone is 1. The van der Waals surface area contributed by atoms with Crippen molar-refractivity contribution in [1.29, 1.82) is 0 Å². The van der Waals surface area contributed by atoms with Gasteiger partial charge >= 0.3 is 0 Å². The Bertz CT molecular complexity index is 757. The minimum atomic E-state index is -1.77. The molecule has 2 aliphatic carbocycles. The van der Waals surface area contributed by atoms with Crippen LogP contribution in [-0.4, -0.2) is 43.6 Å². The average Bonchev–Trinajstić information content (AvgIpc) is 3.30. The zero-order valence-corrected chi connectivity index (χ0v) is 29.0. The van der Waals surface area contributed by atoms with Gasteiger partial charge in [0.1, 0.15) is 8.07 Å². The Morgan fingerprint density at radius 3 is 1.49 bits per heavy atom. The molecular formula is C33H62O2Si2. The van der Waals surface area contributed by atoms with Gasteiger partial charge in [-0.2, -0.15) is 0 Å². The fraction of sp³-hybridized carbons (Fsp3) is 0.879. The Labute approximate surface area is 234 Å². The van der Waals surface area contributed by atoms with E-state index in [1.807, 2.05) is 14.2 Å². The van der Waals surface area contributed by atoms with Gasteiger partial charge in [0.15, 0.2) is 0 Å². The number of ether oxygens (including phenoxy) is 2. The maximum absolute atomic E-state index is 5.81. The summed E-state index contributed by atoms with van der Waals surface area (Å²) in [5.74, 6) is 7.53. The summed E-state index contributed by atoms with van der Waals surface area (Å²) in [5, 5.41) is 0. The summed E-state index contributed by atoms with van der Waals surface area (Å²) < 4.78 is 11.6. The molecule has 0 heterocycles. The highest BCUT2D eigenvalue weighted by atomic mass is 28.3. The zero-order valence-electron chi connectivity index (χ0n) is 27.0. The Kier molecular flexibility index (Phi) is 11.8. The number of fused-ring (bicyclic) bond motifs is 2. The zero-order chi connectivity index (χ0) is 28.3. The van der Waals surface area contributed by atoms with Gasteiger partial charge in [0.2, 0.25) is 0 Å². The predicted octanol–water partition coefficient (Wildman–Crippen LogP) is 9.39. The maximum atomic E-state index is 5.81. The monoisotopic (exact) mass is 546 g/mol. The first-order valence-corrected chi connectivity index (χ1v) is 20.0. The van der Waals surface area contributed by atoms with E-state index in [2.05, 4.69) is 106 Å². The molecule has 214 valence electrons. The first-order chi connectivity index (χ1) is 17.2. The average molecular weight is 547 g/mol. The summed E-state index contributed by atoms with van der Waals surface area (Å²) in [7, 11) is 0.361. The molecule has 0 radical (unpaired) electrons. The lowest BCUT2D eigenvalue weighted by atomic mass is 9.69. The highest BCUT2D eigenvalue weighted by molar-refractivity contribution is 6.90. The minimum Gasteiger partial charge on any atom is -0.384 e. The van der Waals surface area contributed by atoms with Gasteiger partial charge in [-0.25, -0.2) is 0 Å². The molecule has 4 heteroatoms. The van der Waals surface area contributed by atoms with E-state index in [0.29, 0.717) is 52.1 Å². The smallest absolute Gasteiger partial charge is 0.145 e. The fourth-order valence-corrected chi connectivity index (χ4v) is 20.5. The second kappa shape index (κ2) is 13.3. The molecule has 2 aliphatic rings. The van der Waals surface area contributed by atoms with Crippen LogP contribution in [0.4, 0.5) is 0 Å². The molecule has 0 aliphatic heterocycles. The van der Waals surface area contributed by atoms with E-state index in [1.165, 1.54) is 6.42 Å². The Hall–Kier alpha value is -0.346. The van der Waals surface area contributed by atoms with E-state index in [4.69, 9.17) is 9.47 Å². The van der Waals surface area contributed by atoms with Crippen molar-refractivity contribution in [3.05, 3.63) is 11.8 Å². The summed E-state index contributed by atoms with van der Waals surface area (Å²) in [6, 6.07) is 0. The number of methoxy groups -OCH3 is 2. The van der Waals surface area contributed by atoms with Gasteiger partial charge in [0.05, 0.1) is 8.07 Å². The highest BCUT2D eigenvalue weighted by Crippen LogP contribution is 2.59. The van der Waals surface area contributed by atoms with Crippen molar-refractivity contribution in [2.45, 2.75) is 123 Å². The van der Waals surface area contributed by atoms with Crippen LogP contribution in [0.3, 0.4) is 0 Å². The van der Waals surface area contributed by atoms with E-state index in [9.17, 15) is 0 Å². The molecule has 2 unspecified atom stereocenters. The Morgan fingerprint density at radius 2 is 1.11 bits per heavy atom. The van der Waals surface area contributed by atoms with Gasteiger partial charge < -0.3 is 9.47 Å². The van der Waals surface area contributed by atoms with E-state index >= 15 is 0 Å². The first-order valence-electron chi connectivity index (χ1n) is 15.4. The summed E-state index contributed by atoms with van der Waals surface area (Å²) in [6.45, 7) is 31.2. The summed E-state index contributed by atoms with van der Waals surface area (Å²) in [6.07, 6.45) is 4.00. The molecule has 6 atom stereocenters. The lowest BCUT2D eigenvalue weighted by molar-refractivity contribution is 0.0187. The molecule has 0 aromatic carbocycles. The van der Waals surface area contributed by atoms with Crippen molar-refractivity contribution >= 4 is 16.1 Å². The quantitative estimate of drug-likeness (QED) is 0.179. The molecule has 0 N–H and O–H groups in total. The van der Waals surface area contributed by atoms with E-state index in [-0.39, 0.29) is 0 Å². The van der Waals surface area contributed by atoms with Crippen molar-refractivity contribution in [3.63, 3.8) is 0 Å². The molecule has 2 rings (SSSR count). The third-order valence-electron chi connectivity index (χ3n) is 11.2. The van der Waals surface area contributed by atoms with Crippen LogP contribution in [0.15, 0.2) is 11.8 Å². The van der Waals surface area contributed by atoms with Crippen LogP contribution in [0.25, 0.3) is 0 Å². The van der Waals surface area contributed by atoms with Crippen molar-refractivity contribution < 1.29 is 9.47 Å². The SMILES string of the molecule is COC[C@@H]1[C@H](COC)[C@H]2C[C@@H]1C(C#C[Si](C(C)C)(C(C)C)C(C)C)C2/C=C/[Si](C(C)C)(C(C)C)C(C)C. The minimum absolute atomic E-state index is 0.454. The van der Waals surface area contributed by atoms with Gasteiger partial charge in [0, 0.05) is 33.4 Å². The third-order valence-corrected chi connectivity index (χ3v) is 24.3. The van der Waals surface area contributed by atoms with Crippen LogP contribution in [-0.2, 0) is 9.47 Å². The van der Waals surface area contributed by atoms with E-state index in [1.54, 1.807) is 0 Å². The standard InChI is InChI=1S/C33H62O2Si2/c1-22(2)36(23(3)4,24(5)6)17-15-28-29(16-18-37(25(7)8,26(9)10)27(11)12)31-19-30(28)32(20-34-13)33(31)21-35-14/h15,17,22-33H,19-21H2,1-14H3/b17-15+/t28?,29?,30-,31+,32+,33-/m0/s1. The van der Waals surface area contributed by atoms with Crippen molar-refractivity contribution in [2.24, 2.45) is 35.5 Å². The van der Waals surface area contributed by atoms with Crippen molar-refractivity contribution in [3.8, 4) is 11.5 Å². The predicted molar refractivity (Wildman–Crippen MR) is 168 cm³/mol. The van der Waals surface area contributed by atoms with Gasteiger partial charge in [-0.15, -0.1) is 11.5 Å². The molecule has 0 aromatic rings. The second-order valence-electron chi connectivity index (χ2n) is 14.4. The molecular weight excluding hydrogens is 485 g/mol. The van der Waals surface area contributed by atoms with Crippen LogP contribution < -0.4 is 0 Å². The number of hydrogen-bond acceptors (Lipinski definition) is 2. The lowest BCUT2D eigenvalue weighted by Gasteiger charge is -2.42. The molecule has 2 nitrogen and oxygen atoms in total. The molecule has 2 bridgehead atoms. The molecule has 0 amide bonds. The molecule has 2 fully saturated rings. The Balaban J connectivity index is 2.65. The molecule has 0 spiro atoms. The third kappa shape index (κ3) is 6.06. The number of rotatable bonds is 12. The highest BCUT2D eigenvalue weighted by Gasteiger charge is 2.57. The largest absolute Gasteiger partial charge is 0.384 e.